The summed E-state index contributed by atoms with van der Waals surface area (Å²) in [6.07, 6.45) is 54.3. The van der Waals surface area contributed by atoms with Crippen molar-refractivity contribution in [1.29, 1.82) is 0 Å². The summed E-state index contributed by atoms with van der Waals surface area (Å²) < 4.78 is 34.3. The number of hydrogen-bond donors (Lipinski definition) is 0. The molecule has 0 rings (SSSR count). The van der Waals surface area contributed by atoms with E-state index in [1.165, 1.54) is 83.5 Å². The van der Waals surface area contributed by atoms with E-state index in [2.05, 4.69) is 74.6 Å². The summed E-state index contributed by atoms with van der Waals surface area (Å²) in [5.41, 5.74) is 0. The Morgan fingerprint density at radius 3 is 1.51 bits per heavy atom. The van der Waals surface area contributed by atoms with Crippen LogP contribution in [0.5, 0.6) is 0 Å². The molecule has 0 amide bonds. The Morgan fingerprint density at radius 1 is 0.579 bits per heavy atom. The second kappa shape index (κ2) is 40.3. The molecular weight excluding hydrogens is 734 g/mol. The van der Waals surface area contributed by atoms with Gasteiger partial charge in [0.05, 0.1) is 34.0 Å². The van der Waals surface area contributed by atoms with Crippen molar-refractivity contribution in [3.05, 3.63) is 85.3 Å². The number of likely N-dealkylation sites (N-methyl/N-ethyl adjacent to an activating group) is 1. The van der Waals surface area contributed by atoms with E-state index in [4.69, 9.17) is 18.5 Å². The quantitative estimate of drug-likeness (QED) is 0.0152. The summed E-state index contributed by atoms with van der Waals surface area (Å²) in [6, 6.07) is 0. The van der Waals surface area contributed by atoms with Gasteiger partial charge in [0.15, 0.2) is 6.10 Å². The number of rotatable bonds is 40. The van der Waals surface area contributed by atoms with Gasteiger partial charge in [-0.1, -0.05) is 170 Å². The van der Waals surface area contributed by atoms with Crippen molar-refractivity contribution in [3.8, 4) is 0 Å². The van der Waals surface area contributed by atoms with E-state index < -0.39 is 13.9 Å². The standard InChI is InChI=1S/C48H84NO7P/c1-6-8-10-12-14-16-18-20-22-24-25-26-27-29-31-33-35-37-39-41-48(50)54-45-47(46-56-57(51,52)55-44-42-49(3,4)5)53-43-40-38-36-34-32-30-28-23-21-19-17-15-13-11-9-7-2/h8,10,14,16,20,22,25-26,29,31,35,37,40,43,47H,6-7,9,11-13,15,17-19,21,23-24,27-28,30,32-34,36,38-39,41-42,44-46H2,1-5H3/b10-8-,16-14-,22-20-,26-25-,31-29-,37-35-,43-40-. The molecule has 57 heavy (non-hydrogen) atoms. The summed E-state index contributed by atoms with van der Waals surface area (Å²) in [5.74, 6) is -0.376. The lowest BCUT2D eigenvalue weighted by Crippen LogP contribution is -2.37. The van der Waals surface area contributed by atoms with Crippen LogP contribution in [0.4, 0.5) is 0 Å². The molecule has 0 aliphatic rings. The van der Waals surface area contributed by atoms with Crippen molar-refractivity contribution >= 4 is 13.8 Å². The monoisotopic (exact) mass is 818 g/mol. The third-order valence-electron chi connectivity index (χ3n) is 9.06. The fourth-order valence-corrected chi connectivity index (χ4v) is 6.28. The van der Waals surface area contributed by atoms with Gasteiger partial charge in [-0.25, -0.2) is 0 Å². The van der Waals surface area contributed by atoms with E-state index in [9.17, 15) is 14.3 Å². The number of quaternary nitrogens is 1. The zero-order valence-electron chi connectivity index (χ0n) is 37.0. The first-order chi connectivity index (χ1) is 27.6. The van der Waals surface area contributed by atoms with Gasteiger partial charge in [0, 0.05) is 6.42 Å². The lowest BCUT2D eigenvalue weighted by Gasteiger charge is -2.28. The van der Waals surface area contributed by atoms with Gasteiger partial charge >= 0.3 is 5.97 Å². The molecule has 2 unspecified atom stereocenters. The number of phosphoric ester groups is 1. The third kappa shape index (κ3) is 44.5. The molecule has 0 N–H and O–H groups in total. The van der Waals surface area contributed by atoms with Gasteiger partial charge in [0.2, 0.25) is 0 Å². The average molecular weight is 818 g/mol. The Morgan fingerprint density at radius 2 is 1.04 bits per heavy atom. The van der Waals surface area contributed by atoms with Crippen LogP contribution in [0.3, 0.4) is 0 Å². The van der Waals surface area contributed by atoms with Gasteiger partial charge in [-0.3, -0.25) is 9.36 Å². The van der Waals surface area contributed by atoms with E-state index in [-0.39, 0.29) is 32.2 Å². The van der Waals surface area contributed by atoms with E-state index in [0.29, 0.717) is 17.4 Å². The Balaban J connectivity index is 4.41. The zero-order valence-corrected chi connectivity index (χ0v) is 37.9. The van der Waals surface area contributed by atoms with Crippen LogP contribution in [0.2, 0.25) is 0 Å². The molecule has 0 aromatic rings. The maximum Gasteiger partial charge on any atom is 0.306 e. The molecule has 0 saturated heterocycles. The number of unbranched alkanes of at least 4 members (excludes halogenated alkanes) is 14. The minimum atomic E-state index is -4.54. The van der Waals surface area contributed by atoms with E-state index in [0.717, 1.165) is 51.4 Å². The first kappa shape index (κ1) is 54.5. The number of carbonyl (C=O) groups excluding carboxylic acids is 1. The lowest BCUT2D eigenvalue weighted by molar-refractivity contribution is -0.870. The van der Waals surface area contributed by atoms with Crippen LogP contribution in [0, 0.1) is 0 Å². The van der Waals surface area contributed by atoms with Crippen molar-refractivity contribution < 1.29 is 37.3 Å². The van der Waals surface area contributed by atoms with Gasteiger partial charge in [0.25, 0.3) is 7.82 Å². The molecule has 0 heterocycles. The minimum absolute atomic E-state index is 0.0124. The van der Waals surface area contributed by atoms with Gasteiger partial charge < -0.3 is 27.9 Å². The highest BCUT2D eigenvalue weighted by Crippen LogP contribution is 2.38. The maximum atomic E-state index is 12.5. The molecule has 2 atom stereocenters. The Bertz CT molecular complexity index is 1180. The molecule has 0 aliphatic carbocycles. The van der Waals surface area contributed by atoms with Crippen LogP contribution >= 0.6 is 7.82 Å². The average Bonchev–Trinajstić information content (AvgIpc) is 3.17. The van der Waals surface area contributed by atoms with Crippen molar-refractivity contribution in [3.63, 3.8) is 0 Å². The molecular formula is C48H84NO7P. The summed E-state index contributed by atoms with van der Waals surface area (Å²) in [6.45, 7) is 4.50. The van der Waals surface area contributed by atoms with Crippen molar-refractivity contribution in [2.75, 3.05) is 47.5 Å². The Kier molecular flexibility index (Phi) is 38.6. The Hall–Kier alpha value is -2.48. The molecule has 0 saturated carbocycles. The number of phosphoric acid groups is 1. The smallest absolute Gasteiger partial charge is 0.306 e. The molecule has 0 spiro atoms. The molecule has 0 aromatic heterocycles. The first-order valence-electron chi connectivity index (χ1n) is 22.4. The van der Waals surface area contributed by atoms with Crippen LogP contribution in [0.25, 0.3) is 0 Å². The molecule has 0 aliphatic heterocycles. The van der Waals surface area contributed by atoms with Crippen LogP contribution in [-0.4, -0.2) is 64.1 Å². The second-order valence-corrected chi connectivity index (χ2v) is 17.2. The summed E-state index contributed by atoms with van der Waals surface area (Å²) in [7, 11) is 1.31. The minimum Gasteiger partial charge on any atom is -0.756 e. The highest BCUT2D eigenvalue weighted by molar-refractivity contribution is 7.45. The van der Waals surface area contributed by atoms with E-state index in [1.54, 1.807) is 6.26 Å². The van der Waals surface area contributed by atoms with Crippen molar-refractivity contribution in [2.24, 2.45) is 0 Å². The number of carbonyl (C=O) groups is 1. The van der Waals surface area contributed by atoms with Crippen LogP contribution in [0.1, 0.15) is 162 Å². The third-order valence-corrected chi connectivity index (χ3v) is 10.0. The molecule has 0 radical (unpaired) electrons. The molecule has 8 nitrogen and oxygen atoms in total. The predicted molar refractivity (Wildman–Crippen MR) is 240 cm³/mol. The highest BCUT2D eigenvalue weighted by Gasteiger charge is 2.19. The molecule has 0 aromatic carbocycles. The first-order valence-corrected chi connectivity index (χ1v) is 23.8. The second-order valence-electron chi connectivity index (χ2n) is 15.7. The largest absolute Gasteiger partial charge is 0.756 e. The number of ether oxygens (including phenoxy) is 2. The van der Waals surface area contributed by atoms with Gasteiger partial charge in [-0.15, -0.1) is 0 Å². The fourth-order valence-electron chi connectivity index (χ4n) is 5.56. The van der Waals surface area contributed by atoms with Crippen molar-refractivity contribution in [1.82, 2.24) is 0 Å². The van der Waals surface area contributed by atoms with Gasteiger partial charge in [-0.05, 0) is 63.9 Å². The molecule has 9 heteroatoms. The highest BCUT2D eigenvalue weighted by atomic mass is 31.2. The Labute approximate surface area is 350 Å². The van der Waals surface area contributed by atoms with E-state index in [1.807, 2.05) is 39.4 Å². The number of esters is 1. The number of allylic oxidation sites excluding steroid dienone is 13. The van der Waals surface area contributed by atoms with Crippen LogP contribution in [-0.2, 0) is 27.9 Å². The summed E-state index contributed by atoms with van der Waals surface area (Å²) >= 11 is 0. The normalized spacial score (nSPS) is 14.5. The van der Waals surface area contributed by atoms with Gasteiger partial charge in [-0.2, -0.15) is 0 Å². The molecule has 0 fully saturated rings. The van der Waals surface area contributed by atoms with Crippen molar-refractivity contribution in [2.45, 2.75) is 168 Å². The van der Waals surface area contributed by atoms with Crippen LogP contribution < -0.4 is 4.89 Å². The van der Waals surface area contributed by atoms with Gasteiger partial charge in [0.1, 0.15) is 19.8 Å². The predicted octanol–water partition coefficient (Wildman–Crippen LogP) is 13.0. The maximum absolute atomic E-state index is 12.5. The lowest BCUT2D eigenvalue weighted by atomic mass is 10.0. The molecule has 328 valence electrons. The number of hydrogen-bond acceptors (Lipinski definition) is 7. The topological polar surface area (TPSA) is 94.1 Å². The summed E-state index contributed by atoms with van der Waals surface area (Å²) in [4.78, 5) is 24.8. The number of nitrogens with zero attached hydrogens (tertiary/aromatic N) is 1. The van der Waals surface area contributed by atoms with Crippen LogP contribution in [0.15, 0.2) is 85.3 Å². The zero-order chi connectivity index (χ0) is 42.0. The van der Waals surface area contributed by atoms with E-state index >= 15 is 0 Å². The fraction of sp³-hybridized carbons (Fsp3) is 0.688. The SMILES string of the molecule is CC/C=C\C/C=C\C/C=C\C/C=C\C/C=C\C/C=C\CCC(=O)OCC(COP(=O)([O-])OCC[N+](C)(C)C)O/C=C\CCCCCCCCCCCCCCCC. The molecule has 0 bridgehead atoms. The summed E-state index contributed by atoms with van der Waals surface area (Å²) in [5, 5.41) is 0.